The lowest BCUT2D eigenvalue weighted by Gasteiger charge is -2.32. The number of nitrogens with zero attached hydrogens (tertiary/aromatic N) is 1. The van der Waals surface area contributed by atoms with E-state index in [0.717, 1.165) is 10.0 Å². The van der Waals surface area contributed by atoms with Gasteiger partial charge in [0.1, 0.15) is 5.73 Å². The average molecular weight is 398 g/mol. The minimum Gasteiger partial charge on any atom is -0.477 e. The lowest BCUT2D eigenvalue weighted by atomic mass is 9.73. The molecule has 0 amide bonds. The van der Waals surface area contributed by atoms with Crippen molar-refractivity contribution in [1.82, 2.24) is 4.98 Å². The van der Waals surface area contributed by atoms with Gasteiger partial charge in [0.05, 0.1) is 17.8 Å². The quantitative estimate of drug-likeness (QED) is 0.702. The molecule has 0 atom stereocenters. The number of ether oxygens (including phenoxy) is 1. The normalized spacial score (nSPS) is 24.7. The Bertz CT molecular complexity index is 624. The third-order valence-corrected chi connectivity index (χ3v) is 5.50. The van der Waals surface area contributed by atoms with E-state index in [9.17, 15) is 4.39 Å². The SMILES string of the molecule is CC1(C)OB(C(F)=C2CC(COc3ccc(Br)cn3)C2)OC1(C)C. The summed E-state index contributed by atoms with van der Waals surface area (Å²) >= 11 is 3.33. The van der Waals surface area contributed by atoms with Gasteiger partial charge >= 0.3 is 7.12 Å². The molecule has 0 unspecified atom stereocenters. The van der Waals surface area contributed by atoms with Crippen molar-refractivity contribution in [1.29, 1.82) is 0 Å². The molecule has 0 bridgehead atoms. The van der Waals surface area contributed by atoms with Gasteiger partial charge in [-0.3, -0.25) is 0 Å². The highest BCUT2D eigenvalue weighted by atomic mass is 79.9. The van der Waals surface area contributed by atoms with Crippen molar-refractivity contribution in [3.63, 3.8) is 0 Å². The predicted molar refractivity (Wildman–Crippen MR) is 94.4 cm³/mol. The lowest BCUT2D eigenvalue weighted by molar-refractivity contribution is 0.00578. The summed E-state index contributed by atoms with van der Waals surface area (Å²) in [6.45, 7) is 8.23. The van der Waals surface area contributed by atoms with Crippen molar-refractivity contribution >= 4 is 23.0 Å². The van der Waals surface area contributed by atoms with E-state index < -0.39 is 18.3 Å². The molecular weight excluding hydrogens is 376 g/mol. The monoisotopic (exact) mass is 397 g/mol. The third-order valence-electron chi connectivity index (χ3n) is 5.04. The van der Waals surface area contributed by atoms with Crippen LogP contribution >= 0.6 is 15.9 Å². The summed E-state index contributed by atoms with van der Waals surface area (Å²) < 4.78 is 32.7. The summed E-state index contributed by atoms with van der Waals surface area (Å²) in [6, 6.07) is 3.69. The maximum Gasteiger partial charge on any atom is 0.525 e. The van der Waals surface area contributed by atoms with E-state index in [1.807, 2.05) is 39.8 Å². The van der Waals surface area contributed by atoms with E-state index in [1.54, 1.807) is 6.20 Å². The maximum atomic E-state index is 14.6. The van der Waals surface area contributed by atoms with Crippen LogP contribution in [-0.2, 0) is 9.31 Å². The van der Waals surface area contributed by atoms with Gasteiger partial charge in [0.25, 0.3) is 0 Å². The standard InChI is InChI=1S/C17H22BBrFNO3/c1-16(2)17(3,4)24-18(23-16)15(20)12-7-11(8-12)10-22-14-6-5-13(19)9-21-14/h5-6,9,11H,7-8,10H2,1-4H3. The number of rotatable bonds is 4. The first kappa shape index (κ1) is 17.9. The van der Waals surface area contributed by atoms with Crippen LogP contribution in [0.2, 0.25) is 0 Å². The Balaban J connectivity index is 1.52. The van der Waals surface area contributed by atoms with Crippen LogP contribution in [-0.4, -0.2) is 29.9 Å². The Hall–Kier alpha value is -0.915. The van der Waals surface area contributed by atoms with Crippen LogP contribution in [0.3, 0.4) is 0 Å². The van der Waals surface area contributed by atoms with Crippen LogP contribution in [0.25, 0.3) is 0 Å². The van der Waals surface area contributed by atoms with Crippen molar-refractivity contribution in [3.05, 3.63) is 34.1 Å². The fourth-order valence-corrected chi connectivity index (χ4v) is 2.95. The third kappa shape index (κ3) is 3.53. The Labute approximate surface area is 151 Å². The second-order valence-electron chi connectivity index (χ2n) is 7.44. The molecule has 1 saturated heterocycles. The molecule has 1 aliphatic heterocycles. The number of aromatic nitrogens is 1. The maximum absolute atomic E-state index is 14.6. The highest BCUT2D eigenvalue weighted by Gasteiger charge is 2.54. The first-order valence-corrected chi connectivity index (χ1v) is 8.95. The lowest BCUT2D eigenvalue weighted by Crippen LogP contribution is -2.41. The molecular formula is C17H22BBrFNO3. The van der Waals surface area contributed by atoms with Crippen LogP contribution in [0, 0.1) is 5.92 Å². The van der Waals surface area contributed by atoms with E-state index in [4.69, 9.17) is 14.0 Å². The van der Waals surface area contributed by atoms with Crippen molar-refractivity contribution in [2.75, 3.05) is 6.61 Å². The summed E-state index contributed by atoms with van der Waals surface area (Å²) in [5, 5.41) is 0. The van der Waals surface area contributed by atoms with Crippen molar-refractivity contribution in [2.45, 2.75) is 51.7 Å². The fourth-order valence-electron chi connectivity index (χ4n) is 2.71. The zero-order valence-corrected chi connectivity index (χ0v) is 16.0. The molecule has 1 aliphatic carbocycles. The first-order valence-electron chi connectivity index (χ1n) is 8.15. The van der Waals surface area contributed by atoms with Gasteiger partial charge in [0, 0.05) is 22.7 Å². The summed E-state index contributed by atoms with van der Waals surface area (Å²) in [7, 11) is -0.889. The smallest absolute Gasteiger partial charge is 0.477 e. The molecule has 4 nitrogen and oxygen atoms in total. The van der Waals surface area contributed by atoms with Crippen LogP contribution in [0.5, 0.6) is 5.88 Å². The van der Waals surface area contributed by atoms with Crippen LogP contribution < -0.4 is 4.74 Å². The molecule has 1 saturated carbocycles. The van der Waals surface area contributed by atoms with E-state index in [-0.39, 0.29) is 5.73 Å². The predicted octanol–water partition coefficient (Wildman–Crippen LogP) is 4.49. The van der Waals surface area contributed by atoms with E-state index >= 15 is 0 Å². The van der Waals surface area contributed by atoms with Crippen LogP contribution in [0.4, 0.5) is 4.39 Å². The van der Waals surface area contributed by atoms with Gasteiger partial charge in [-0.25, -0.2) is 9.37 Å². The van der Waals surface area contributed by atoms with Gasteiger partial charge in [-0.05, 0) is 68.1 Å². The molecule has 0 N–H and O–H groups in total. The number of pyridine rings is 1. The van der Waals surface area contributed by atoms with Gasteiger partial charge in [-0.2, -0.15) is 0 Å². The fraction of sp³-hybridized carbons (Fsp3) is 0.588. The minimum absolute atomic E-state index is 0.272. The van der Waals surface area contributed by atoms with Gasteiger partial charge in [-0.15, -0.1) is 0 Å². The van der Waals surface area contributed by atoms with E-state index in [0.29, 0.717) is 31.2 Å². The Morgan fingerprint density at radius 3 is 2.46 bits per heavy atom. The van der Waals surface area contributed by atoms with Crippen LogP contribution in [0.1, 0.15) is 40.5 Å². The summed E-state index contributed by atoms with van der Waals surface area (Å²) in [4.78, 5) is 4.16. The summed E-state index contributed by atoms with van der Waals surface area (Å²) in [5.74, 6) is 0.890. The molecule has 2 heterocycles. The minimum atomic E-state index is -0.889. The van der Waals surface area contributed by atoms with Gasteiger partial charge in [0.15, 0.2) is 0 Å². The highest BCUT2D eigenvalue weighted by molar-refractivity contribution is 9.10. The second-order valence-corrected chi connectivity index (χ2v) is 8.36. The molecule has 0 aromatic carbocycles. The van der Waals surface area contributed by atoms with Crippen molar-refractivity contribution in [3.8, 4) is 5.88 Å². The molecule has 0 spiro atoms. The summed E-state index contributed by atoms with van der Waals surface area (Å²) in [6.07, 6.45) is 3.04. The van der Waals surface area contributed by atoms with E-state index in [2.05, 4.69) is 20.9 Å². The topological polar surface area (TPSA) is 40.6 Å². The molecule has 2 aliphatic rings. The van der Waals surface area contributed by atoms with Crippen molar-refractivity contribution in [2.24, 2.45) is 5.92 Å². The Morgan fingerprint density at radius 2 is 1.92 bits per heavy atom. The largest absolute Gasteiger partial charge is 0.525 e. The molecule has 7 heteroatoms. The molecule has 0 radical (unpaired) electrons. The average Bonchev–Trinajstić information content (AvgIpc) is 2.67. The van der Waals surface area contributed by atoms with Crippen LogP contribution in [0.15, 0.2) is 34.1 Å². The molecule has 1 aromatic heterocycles. The number of hydrogen-bond acceptors (Lipinski definition) is 4. The Kier molecular flexibility index (Phi) is 4.79. The second kappa shape index (κ2) is 6.43. The Morgan fingerprint density at radius 1 is 1.29 bits per heavy atom. The first-order chi connectivity index (χ1) is 11.2. The molecule has 2 fully saturated rings. The molecule has 1 aromatic rings. The summed E-state index contributed by atoms with van der Waals surface area (Å²) in [5.41, 5.74) is -0.540. The zero-order valence-electron chi connectivity index (χ0n) is 14.4. The molecule has 24 heavy (non-hydrogen) atoms. The van der Waals surface area contributed by atoms with Gasteiger partial charge in [0.2, 0.25) is 5.88 Å². The van der Waals surface area contributed by atoms with E-state index in [1.165, 1.54) is 0 Å². The molecule has 130 valence electrons. The number of halogens is 2. The molecule has 3 rings (SSSR count). The van der Waals surface area contributed by atoms with Crippen molar-refractivity contribution < 1.29 is 18.4 Å². The van der Waals surface area contributed by atoms with Gasteiger partial charge in [-0.1, -0.05) is 0 Å². The van der Waals surface area contributed by atoms with Gasteiger partial charge < -0.3 is 14.0 Å². The number of hydrogen-bond donors (Lipinski definition) is 0. The highest BCUT2D eigenvalue weighted by Crippen LogP contribution is 2.43. The zero-order chi connectivity index (χ0) is 17.5. The number of allylic oxidation sites excluding steroid dienone is 1.